The summed E-state index contributed by atoms with van der Waals surface area (Å²) in [6.07, 6.45) is 3.12. The number of benzene rings is 2. The number of ether oxygens (including phenoxy) is 3. The van der Waals surface area contributed by atoms with Gasteiger partial charge in [-0.1, -0.05) is 17.7 Å². The summed E-state index contributed by atoms with van der Waals surface area (Å²) in [4.78, 5) is 12.2. The van der Waals surface area contributed by atoms with E-state index in [2.05, 4.69) is 21.2 Å². The van der Waals surface area contributed by atoms with Crippen LogP contribution in [0.2, 0.25) is 5.02 Å². The minimum atomic E-state index is -0.311. The van der Waals surface area contributed by atoms with Crippen LogP contribution < -0.4 is 19.5 Å². The Morgan fingerprint density at radius 2 is 1.72 bits per heavy atom. The lowest BCUT2D eigenvalue weighted by Crippen LogP contribution is -2.09. The van der Waals surface area contributed by atoms with Crippen LogP contribution in [0, 0.1) is 0 Å². The van der Waals surface area contributed by atoms with Crippen LogP contribution in [0.1, 0.15) is 5.56 Å². The number of methoxy groups -OCH3 is 3. The van der Waals surface area contributed by atoms with Gasteiger partial charge in [0.1, 0.15) is 17.2 Å². The SMILES string of the molecule is COc1cc(NC(=O)C=Cc2ccc(OC)c(Br)c2)c(OC)cc1Cl. The van der Waals surface area contributed by atoms with Crippen LogP contribution in [-0.2, 0) is 4.79 Å². The van der Waals surface area contributed by atoms with E-state index >= 15 is 0 Å². The molecular formula is C18H17BrClNO4. The molecule has 0 radical (unpaired) electrons. The summed E-state index contributed by atoms with van der Waals surface area (Å²) in [5.41, 5.74) is 1.32. The molecule has 0 atom stereocenters. The summed E-state index contributed by atoms with van der Waals surface area (Å²) < 4.78 is 16.4. The molecule has 0 spiro atoms. The number of nitrogens with one attached hydrogen (secondary N) is 1. The van der Waals surface area contributed by atoms with E-state index in [0.29, 0.717) is 22.2 Å². The maximum absolute atomic E-state index is 12.2. The fourth-order valence-corrected chi connectivity index (χ4v) is 2.88. The standard InChI is InChI=1S/C18H17BrClNO4/c1-23-15-6-4-11(8-12(15)19)5-7-18(22)21-14-10-16(24-2)13(20)9-17(14)25-3/h4-10H,1-3H3,(H,21,22). The normalized spacial score (nSPS) is 10.6. The predicted octanol–water partition coefficient (Wildman–Crippen LogP) is 4.78. The number of amides is 1. The van der Waals surface area contributed by atoms with Gasteiger partial charge in [-0.15, -0.1) is 0 Å². The van der Waals surface area contributed by atoms with Crippen molar-refractivity contribution >= 4 is 45.2 Å². The van der Waals surface area contributed by atoms with Gasteiger partial charge in [0.2, 0.25) is 5.91 Å². The van der Waals surface area contributed by atoms with Gasteiger partial charge in [-0.25, -0.2) is 0 Å². The number of hydrogen-bond acceptors (Lipinski definition) is 4. The molecule has 0 saturated carbocycles. The zero-order chi connectivity index (χ0) is 18.4. The smallest absolute Gasteiger partial charge is 0.248 e. The summed E-state index contributed by atoms with van der Waals surface area (Å²) in [7, 11) is 4.59. The minimum Gasteiger partial charge on any atom is -0.496 e. The fourth-order valence-electron chi connectivity index (χ4n) is 2.09. The molecule has 5 nitrogen and oxygen atoms in total. The van der Waals surface area contributed by atoms with Gasteiger partial charge < -0.3 is 19.5 Å². The first-order chi connectivity index (χ1) is 12.0. The molecule has 7 heteroatoms. The number of carbonyl (C=O) groups is 1. The quantitative estimate of drug-likeness (QED) is 0.675. The van der Waals surface area contributed by atoms with Gasteiger partial charge in [0.05, 0.1) is 36.5 Å². The first-order valence-electron chi connectivity index (χ1n) is 7.22. The maximum atomic E-state index is 12.2. The van der Waals surface area contributed by atoms with Crippen molar-refractivity contribution in [2.24, 2.45) is 0 Å². The summed E-state index contributed by atoms with van der Waals surface area (Å²) >= 11 is 9.46. The van der Waals surface area contributed by atoms with Crippen LogP contribution in [0.15, 0.2) is 40.9 Å². The van der Waals surface area contributed by atoms with Crippen LogP contribution in [-0.4, -0.2) is 27.2 Å². The monoisotopic (exact) mass is 425 g/mol. The molecule has 1 amide bonds. The third-order valence-electron chi connectivity index (χ3n) is 3.33. The average Bonchev–Trinajstić information content (AvgIpc) is 2.61. The molecule has 0 aliphatic carbocycles. The number of rotatable bonds is 6. The molecule has 1 N–H and O–H groups in total. The second kappa shape index (κ2) is 8.78. The molecule has 0 unspecified atom stereocenters. The molecule has 25 heavy (non-hydrogen) atoms. The van der Waals surface area contributed by atoms with E-state index in [9.17, 15) is 4.79 Å². The van der Waals surface area contributed by atoms with Crippen molar-refractivity contribution in [2.45, 2.75) is 0 Å². The van der Waals surface area contributed by atoms with E-state index in [1.807, 2.05) is 18.2 Å². The third kappa shape index (κ3) is 4.90. The molecule has 0 aromatic heterocycles. The zero-order valence-electron chi connectivity index (χ0n) is 13.9. The molecule has 0 heterocycles. The molecule has 0 bridgehead atoms. The van der Waals surface area contributed by atoms with E-state index in [0.717, 1.165) is 15.8 Å². The molecule has 0 saturated heterocycles. The van der Waals surface area contributed by atoms with Crippen LogP contribution in [0.25, 0.3) is 6.08 Å². The van der Waals surface area contributed by atoms with E-state index in [4.69, 9.17) is 25.8 Å². The molecule has 0 fully saturated rings. The average molecular weight is 427 g/mol. The van der Waals surface area contributed by atoms with Gasteiger partial charge in [0.25, 0.3) is 0 Å². The van der Waals surface area contributed by atoms with E-state index < -0.39 is 0 Å². The highest BCUT2D eigenvalue weighted by atomic mass is 79.9. The largest absolute Gasteiger partial charge is 0.496 e. The first-order valence-corrected chi connectivity index (χ1v) is 8.39. The second-order valence-corrected chi connectivity index (χ2v) is 6.17. The lowest BCUT2D eigenvalue weighted by Gasteiger charge is -2.12. The maximum Gasteiger partial charge on any atom is 0.248 e. The van der Waals surface area contributed by atoms with Crippen molar-refractivity contribution in [3.63, 3.8) is 0 Å². The summed E-state index contributed by atoms with van der Waals surface area (Å²) in [6.45, 7) is 0. The van der Waals surface area contributed by atoms with Crippen molar-refractivity contribution in [3.05, 3.63) is 51.5 Å². The molecule has 2 rings (SSSR count). The van der Waals surface area contributed by atoms with E-state index in [-0.39, 0.29) is 5.91 Å². The van der Waals surface area contributed by atoms with Crippen molar-refractivity contribution in [1.29, 1.82) is 0 Å². The zero-order valence-corrected chi connectivity index (χ0v) is 16.3. The summed E-state index contributed by atoms with van der Waals surface area (Å²) in [6, 6.07) is 8.71. The van der Waals surface area contributed by atoms with Crippen molar-refractivity contribution in [1.82, 2.24) is 0 Å². The summed E-state index contributed by atoms with van der Waals surface area (Å²) in [5, 5.41) is 3.14. The third-order valence-corrected chi connectivity index (χ3v) is 4.25. The Hall–Kier alpha value is -2.18. The van der Waals surface area contributed by atoms with Crippen molar-refractivity contribution in [2.75, 3.05) is 26.6 Å². The topological polar surface area (TPSA) is 56.8 Å². The Bertz CT molecular complexity index is 808. The van der Waals surface area contributed by atoms with Gasteiger partial charge in [0, 0.05) is 18.2 Å². The lowest BCUT2D eigenvalue weighted by atomic mass is 10.2. The van der Waals surface area contributed by atoms with Gasteiger partial charge in [-0.3, -0.25) is 4.79 Å². The fraction of sp³-hybridized carbons (Fsp3) is 0.167. The summed E-state index contributed by atoms with van der Waals surface area (Å²) in [5.74, 6) is 1.30. The molecule has 132 valence electrons. The highest BCUT2D eigenvalue weighted by Gasteiger charge is 2.11. The van der Waals surface area contributed by atoms with Crippen molar-refractivity contribution in [3.8, 4) is 17.2 Å². The Labute approximate surface area is 159 Å². The second-order valence-electron chi connectivity index (χ2n) is 4.90. The van der Waals surface area contributed by atoms with Crippen LogP contribution in [0.5, 0.6) is 17.2 Å². The Kier molecular flexibility index (Phi) is 6.73. The number of anilines is 1. The van der Waals surface area contributed by atoms with Crippen LogP contribution >= 0.6 is 27.5 Å². The number of hydrogen-bond donors (Lipinski definition) is 1. The minimum absolute atomic E-state index is 0.311. The van der Waals surface area contributed by atoms with Gasteiger partial charge in [-0.2, -0.15) is 0 Å². The van der Waals surface area contributed by atoms with E-state index in [1.54, 1.807) is 25.3 Å². The molecular weight excluding hydrogens is 410 g/mol. The lowest BCUT2D eigenvalue weighted by molar-refractivity contribution is -0.111. The molecule has 0 aliphatic heterocycles. The molecule has 2 aromatic rings. The highest BCUT2D eigenvalue weighted by Crippen LogP contribution is 2.35. The van der Waals surface area contributed by atoms with Crippen LogP contribution in [0.3, 0.4) is 0 Å². The Morgan fingerprint density at radius 3 is 2.32 bits per heavy atom. The Balaban J connectivity index is 2.16. The first kappa shape index (κ1) is 19.1. The highest BCUT2D eigenvalue weighted by molar-refractivity contribution is 9.10. The van der Waals surface area contributed by atoms with Gasteiger partial charge >= 0.3 is 0 Å². The van der Waals surface area contributed by atoms with Crippen molar-refractivity contribution < 1.29 is 19.0 Å². The van der Waals surface area contributed by atoms with Gasteiger partial charge in [0.15, 0.2) is 0 Å². The predicted molar refractivity (Wildman–Crippen MR) is 103 cm³/mol. The van der Waals surface area contributed by atoms with E-state index in [1.165, 1.54) is 20.3 Å². The molecule has 2 aromatic carbocycles. The Morgan fingerprint density at radius 1 is 1.04 bits per heavy atom. The van der Waals surface area contributed by atoms with Gasteiger partial charge in [-0.05, 0) is 39.7 Å². The van der Waals surface area contributed by atoms with Crippen LogP contribution in [0.4, 0.5) is 5.69 Å². The number of halogens is 2. The number of carbonyl (C=O) groups excluding carboxylic acids is 1. The molecule has 0 aliphatic rings.